The van der Waals surface area contributed by atoms with Gasteiger partial charge in [-0.25, -0.2) is 4.39 Å². The van der Waals surface area contributed by atoms with Crippen LogP contribution in [0, 0.1) is 11.8 Å². The molecule has 1 amide bonds. The molecule has 2 rings (SSSR count). The van der Waals surface area contributed by atoms with Crippen molar-refractivity contribution in [3.63, 3.8) is 0 Å². The average molecular weight is 271 g/mol. The molecular weight excluding hydrogens is 249 g/mol. The topological polar surface area (TPSA) is 57.6 Å². The molecule has 4 nitrogen and oxygen atoms in total. The molecule has 0 aliphatic heterocycles. The maximum Gasteiger partial charge on any atom is 0.308 e. The van der Waals surface area contributed by atoms with E-state index in [1.54, 1.807) is 11.8 Å². The van der Waals surface area contributed by atoms with Gasteiger partial charge in [0.05, 0.1) is 5.92 Å². The first-order valence-electron chi connectivity index (χ1n) is 7.16. The molecule has 3 unspecified atom stereocenters. The highest BCUT2D eigenvalue weighted by molar-refractivity contribution is 5.80. The second-order valence-electron chi connectivity index (χ2n) is 5.92. The molecule has 2 fully saturated rings. The van der Waals surface area contributed by atoms with E-state index >= 15 is 0 Å². The number of hydrogen-bond acceptors (Lipinski definition) is 2. The van der Waals surface area contributed by atoms with Gasteiger partial charge < -0.3 is 10.0 Å². The molecule has 2 aliphatic rings. The molecule has 0 heterocycles. The summed E-state index contributed by atoms with van der Waals surface area (Å²) in [6.07, 6.45) is 3.38. The highest BCUT2D eigenvalue weighted by Crippen LogP contribution is 2.33. The molecule has 5 heteroatoms. The number of carbonyl (C=O) groups excluding carboxylic acids is 1. The summed E-state index contributed by atoms with van der Waals surface area (Å²) in [6, 6.07) is 0.189. The quantitative estimate of drug-likeness (QED) is 0.834. The zero-order valence-corrected chi connectivity index (χ0v) is 11.3. The van der Waals surface area contributed by atoms with Crippen LogP contribution in [0.4, 0.5) is 4.39 Å². The zero-order chi connectivity index (χ0) is 14.0. The number of halogens is 1. The Hall–Kier alpha value is -1.13. The Labute approximate surface area is 113 Å². The van der Waals surface area contributed by atoms with E-state index in [1.807, 2.05) is 0 Å². The fourth-order valence-electron chi connectivity index (χ4n) is 2.77. The molecular formula is C14H22FNO3. The fraction of sp³-hybridized carbons (Fsp3) is 0.857. The smallest absolute Gasteiger partial charge is 0.308 e. The number of rotatable bonds is 5. The average Bonchev–Trinajstić information content (AvgIpc) is 3.19. The molecule has 0 bridgehead atoms. The molecule has 1 N–H and O–H groups in total. The molecule has 19 heavy (non-hydrogen) atoms. The van der Waals surface area contributed by atoms with Crippen molar-refractivity contribution in [3.8, 4) is 0 Å². The summed E-state index contributed by atoms with van der Waals surface area (Å²) in [4.78, 5) is 25.1. The van der Waals surface area contributed by atoms with Crippen LogP contribution in [-0.2, 0) is 9.59 Å². The number of carboxylic acid groups (broad SMARTS) is 1. The van der Waals surface area contributed by atoms with Gasteiger partial charge in [0, 0.05) is 18.5 Å². The first kappa shape index (κ1) is 14.3. The number of aliphatic carboxylic acids is 1. The van der Waals surface area contributed by atoms with Crippen LogP contribution < -0.4 is 0 Å². The van der Waals surface area contributed by atoms with Gasteiger partial charge in [-0.3, -0.25) is 9.59 Å². The van der Waals surface area contributed by atoms with Gasteiger partial charge in [0.2, 0.25) is 5.91 Å². The second kappa shape index (κ2) is 5.88. The van der Waals surface area contributed by atoms with E-state index in [4.69, 9.17) is 5.11 Å². The van der Waals surface area contributed by atoms with Crippen molar-refractivity contribution in [1.82, 2.24) is 4.90 Å². The summed E-state index contributed by atoms with van der Waals surface area (Å²) >= 11 is 0. The van der Waals surface area contributed by atoms with Crippen molar-refractivity contribution >= 4 is 11.9 Å². The molecule has 2 saturated carbocycles. The van der Waals surface area contributed by atoms with Gasteiger partial charge in [-0.15, -0.1) is 0 Å². The molecule has 3 atom stereocenters. The summed E-state index contributed by atoms with van der Waals surface area (Å²) in [5.74, 6) is -1.72. The summed E-state index contributed by atoms with van der Waals surface area (Å²) in [7, 11) is 0. The Kier molecular flexibility index (Phi) is 4.42. The van der Waals surface area contributed by atoms with Gasteiger partial charge in [-0.05, 0) is 38.5 Å². The summed E-state index contributed by atoms with van der Waals surface area (Å²) < 4.78 is 13.4. The van der Waals surface area contributed by atoms with Crippen LogP contribution in [-0.4, -0.2) is 40.6 Å². The molecule has 0 spiro atoms. The maximum atomic E-state index is 13.4. The second-order valence-corrected chi connectivity index (χ2v) is 5.92. The molecule has 0 aromatic carbocycles. The minimum atomic E-state index is -0.884. The van der Waals surface area contributed by atoms with Gasteiger partial charge >= 0.3 is 5.97 Å². The molecule has 108 valence electrons. The monoisotopic (exact) mass is 271 g/mol. The van der Waals surface area contributed by atoms with Gasteiger partial charge in [-0.1, -0.05) is 6.92 Å². The van der Waals surface area contributed by atoms with E-state index in [-0.39, 0.29) is 24.4 Å². The minimum absolute atomic E-state index is 0.0297. The molecule has 0 radical (unpaired) electrons. The van der Waals surface area contributed by atoms with Crippen molar-refractivity contribution < 1.29 is 19.1 Å². The highest BCUT2D eigenvalue weighted by Gasteiger charge is 2.38. The van der Waals surface area contributed by atoms with E-state index < -0.39 is 18.1 Å². The Morgan fingerprint density at radius 1 is 1.32 bits per heavy atom. The lowest BCUT2D eigenvalue weighted by molar-refractivity contribution is -0.144. The van der Waals surface area contributed by atoms with Crippen LogP contribution in [0.25, 0.3) is 0 Å². The third-order valence-corrected chi connectivity index (χ3v) is 4.12. The van der Waals surface area contributed by atoms with Crippen LogP contribution >= 0.6 is 0 Å². The van der Waals surface area contributed by atoms with Crippen molar-refractivity contribution in [2.75, 3.05) is 6.54 Å². The SMILES string of the molecule is CC(CN(C(=O)C1CCCC(F)C1)C1CC1)C(=O)O. The summed E-state index contributed by atoms with van der Waals surface area (Å²) in [5.41, 5.74) is 0. The van der Waals surface area contributed by atoms with E-state index in [9.17, 15) is 14.0 Å². The molecule has 0 aromatic rings. The number of alkyl halides is 1. The van der Waals surface area contributed by atoms with Gasteiger partial charge in [-0.2, -0.15) is 0 Å². The van der Waals surface area contributed by atoms with E-state index in [1.165, 1.54) is 0 Å². The first-order chi connectivity index (χ1) is 8.99. The predicted octanol–water partition coefficient (Wildman–Crippen LogP) is 2.23. The highest BCUT2D eigenvalue weighted by atomic mass is 19.1. The summed E-state index contributed by atoms with van der Waals surface area (Å²) in [6.45, 7) is 1.87. The largest absolute Gasteiger partial charge is 0.481 e. The zero-order valence-electron chi connectivity index (χ0n) is 11.3. The normalized spacial score (nSPS) is 28.7. The third kappa shape index (κ3) is 3.67. The lowest BCUT2D eigenvalue weighted by atomic mass is 9.87. The first-order valence-corrected chi connectivity index (χ1v) is 7.16. The van der Waals surface area contributed by atoms with Crippen LogP contribution in [0.3, 0.4) is 0 Å². The number of nitrogens with zero attached hydrogens (tertiary/aromatic N) is 1. The van der Waals surface area contributed by atoms with Crippen LogP contribution in [0.2, 0.25) is 0 Å². The Morgan fingerprint density at radius 3 is 2.53 bits per heavy atom. The number of hydrogen-bond donors (Lipinski definition) is 1. The lowest BCUT2D eigenvalue weighted by Gasteiger charge is -2.31. The number of carboxylic acids is 1. The summed E-state index contributed by atoms with van der Waals surface area (Å²) in [5, 5.41) is 8.97. The van der Waals surface area contributed by atoms with Crippen molar-refractivity contribution in [3.05, 3.63) is 0 Å². The minimum Gasteiger partial charge on any atom is -0.481 e. The Bertz CT molecular complexity index is 357. The fourth-order valence-corrected chi connectivity index (χ4v) is 2.77. The van der Waals surface area contributed by atoms with Gasteiger partial charge in [0.1, 0.15) is 6.17 Å². The van der Waals surface area contributed by atoms with Crippen LogP contribution in [0.15, 0.2) is 0 Å². The van der Waals surface area contributed by atoms with E-state index in [0.717, 1.165) is 25.7 Å². The van der Waals surface area contributed by atoms with Crippen LogP contribution in [0.1, 0.15) is 45.4 Å². The number of amides is 1. The molecule has 0 saturated heterocycles. The molecule has 2 aliphatic carbocycles. The van der Waals surface area contributed by atoms with Crippen LogP contribution in [0.5, 0.6) is 0 Å². The predicted molar refractivity (Wildman–Crippen MR) is 68.4 cm³/mol. The Morgan fingerprint density at radius 2 is 2.00 bits per heavy atom. The molecule has 0 aromatic heterocycles. The standard InChI is InChI=1S/C14H22FNO3/c1-9(14(18)19)8-16(12-5-6-12)13(17)10-3-2-4-11(15)7-10/h9-12H,2-8H2,1H3,(H,18,19). The number of carbonyl (C=O) groups is 2. The van der Waals surface area contributed by atoms with Gasteiger partial charge in [0.15, 0.2) is 0 Å². The maximum absolute atomic E-state index is 13.4. The van der Waals surface area contributed by atoms with Crippen molar-refractivity contribution in [1.29, 1.82) is 0 Å². The van der Waals surface area contributed by atoms with Crippen molar-refractivity contribution in [2.24, 2.45) is 11.8 Å². The van der Waals surface area contributed by atoms with Crippen molar-refractivity contribution in [2.45, 2.75) is 57.7 Å². The van der Waals surface area contributed by atoms with E-state index in [2.05, 4.69) is 0 Å². The third-order valence-electron chi connectivity index (χ3n) is 4.12. The van der Waals surface area contributed by atoms with Gasteiger partial charge in [0.25, 0.3) is 0 Å². The lowest BCUT2D eigenvalue weighted by Crippen LogP contribution is -2.43. The Balaban J connectivity index is 1.98. The van der Waals surface area contributed by atoms with E-state index in [0.29, 0.717) is 12.8 Å².